The number of rotatable bonds is 0. The van der Waals surface area contributed by atoms with Crippen LogP contribution in [-0.2, 0) is 4.79 Å². The summed E-state index contributed by atoms with van der Waals surface area (Å²) in [5.41, 5.74) is 2.40. The molecule has 2 saturated heterocycles. The van der Waals surface area contributed by atoms with E-state index >= 15 is 0 Å². The van der Waals surface area contributed by atoms with Gasteiger partial charge in [0.2, 0.25) is 12.7 Å². The Kier molecular flexibility index (Phi) is 2.05. The molecule has 0 radical (unpaired) electrons. The standard InChI is InChI=1S/C20H20N2O3/c23-17-10-19-3-1-6-21-7-2-13-12-8-15-16(25-11-24-15)9-14(12)22(17)20(13,5-4-19)18(19)21/h1,3,8-9,13,18H,2,4-7,10-11H2/t13?,18?,19-,20+/m0/s1. The number of carbonyl (C=O) groups is 1. The highest BCUT2D eigenvalue weighted by atomic mass is 16.7. The first kappa shape index (κ1) is 13.2. The number of anilines is 1. The molecule has 2 bridgehead atoms. The van der Waals surface area contributed by atoms with Gasteiger partial charge < -0.3 is 14.4 Å². The SMILES string of the molecule is O=C1C[C@]23C=CCN4CCC5c6cc7c(cc6N1[C@@]5(CC2)C43)OCO7. The van der Waals surface area contributed by atoms with Crippen molar-refractivity contribution >= 4 is 11.6 Å². The first-order chi connectivity index (χ1) is 12.2. The fourth-order valence-corrected chi connectivity index (χ4v) is 7.15. The second-order valence-corrected chi connectivity index (χ2v) is 8.54. The lowest BCUT2D eigenvalue weighted by atomic mass is 9.63. The summed E-state index contributed by atoms with van der Waals surface area (Å²) in [4.78, 5) is 18.2. The molecular formula is C20H20N2O3. The number of piperidine rings is 2. The van der Waals surface area contributed by atoms with Gasteiger partial charge in [0.05, 0.1) is 11.2 Å². The van der Waals surface area contributed by atoms with Crippen LogP contribution >= 0.6 is 0 Å². The van der Waals surface area contributed by atoms with Crippen LogP contribution in [0.1, 0.15) is 37.2 Å². The fraction of sp³-hybridized carbons (Fsp3) is 0.550. The molecule has 1 aromatic rings. The van der Waals surface area contributed by atoms with Gasteiger partial charge in [-0.15, -0.1) is 0 Å². The van der Waals surface area contributed by atoms with Gasteiger partial charge in [0.25, 0.3) is 0 Å². The van der Waals surface area contributed by atoms with Gasteiger partial charge in [-0.05, 0) is 37.4 Å². The van der Waals surface area contributed by atoms with E-state index in [2.05, 4.69) is 34.1 Å². The van der Waals surface area contributed by atoms with Crippen molar-refractivity contribution in [2.75, 3.05) is 24.8 Å². The van der Waals surface area contributed by atoms with Crippen LogP contribution in [0.15, 0.2) is 24.3 Å². The first-order valence-electron chi connectivity index (χ1n) is 9.41. The number of benzene rings is 1. The average Bonchev–Trinajstić information content (AvgIpc) is 3.25. The third-order valence-corrected chi connectivity index (χ3v) is 7.76. The van der Waals surface area contributed by atoms with Crippen LogP contribution in [0.3, 0.4) is 0 Å². The number of nitrogens with zero attached hydrogens (tertiary/aromatic N) is 2. The molecule has 5 heteroatoms. The van der Waals surface area contributed by atoms with Gasteiger partial charge in [-0.2, -0.15) is 0 Å². The minimum absolute atomic E-state index is 0.0578. The van der Waals surface area contributed by atoms with Gasteiger partial charge in [0.1, 0.15) is 0 Å². The molecule has 5 nitrogen and oxygen atoms in total. The summed E-state index contributed by atoms with van der Waals surface area (Å²) in [7, 11) is 0. The molecule has 1 saturated carbocycles. The van der Waals surface area contributed by atoms with E-state index < -0.39 is 0 Å². The highest BCUT2D eigenvalue weighted by Crippen LogP contribution is 2.69. The van der Waals surface area contributed by atoms with Crippen LogP contribution in [0, 0.1) is 5.41 Å². The van der Waals surface area contributed by atoms with E-state index in [1.807, 2.05) is 0 Å². The van der Waals surface area contributed by atoms with Crippen molar-refractivity contribution in [3.8, 4) is 11.5 Å². The molecule has 25 heavy (non-hydrogen) atoms. The van der Waals surface area contributed by atoms with E-state index in [1.165, 1.54) is 5.56 Å². The van der Waals surface area contributed by atoms with Gasteiger partial charge in [0, 0.05) is 36.4 Å². The Bertz CT molecular complexity index is 880. The van der Waals surface area contributed by atoms with E-state index in [0.29, 0.717) is 24.3 Å². The molecular weight excluding hydrogens is 316 g/mol. The number of hydrogen-bond acceptors (Lipinski definition) is 4. The van der Waals surface area contributed by atoms with Crippen molar-refractivity contribution in [3.05, 3.63) is 29.8 Å². The summed E-state index contributed by atoms with van der Waals surface area (Å²) in [5, 5.41) is 0. The van der Waals surface area contributed by atoms with Crippen molar-refractivity contribution in [1.82, 2.24) is 4.90 Å². The summed E-state index contributed by atoms with van der Waals surface area (Å²) >= 11 is 0. The van der Waals surface area contributed by atoms with Crippen molar-refractivity contribution in [2.24, 2.45) is 5.41 Å². The maximum absolute atomic E-state index is 13.3. The molecule has 1 amide bonds. The molecule has 0 N–H and O–H groups in total. The number of hydrogen-bond donors (Lipinski definition) is 0. The van der Waals surface area contributed by atoms with Gasteiger partial charge >= 0.3 is 0 Å². The Hall–Kier alpha value is -2.01. The van der Waals surface area contributed by atoms with Crippen LogP contribution in [0.4, 0.5) is 5.69 Å². The lowest BCUT2D eigenvalue weighted by molar-refractivity contribution is -0.127. The van der Waals surface area contributed by atoms with Crippen molar-refractivity contribution in [3.63, 3.8) is 0 Å². The van der Waals surface area contributed by atoms with Crippen molar-refractivity contribution in [1.29, 1.82) is 0 Å². The molecule has 1 spiro atoms. The highest BCUT2D eigenvalue weighted by molar-refractivity contribution is 6.01. The third kappa shape index (κ3) is 1.25. The van der Waals surface area contributed by atoms with Gasteiger partial charge in [-0.25, -0.2) is 0 Å². The van der Waals surface area contributed by atoms with Crippen LogP contribution < -0.4 is 14.4 Å². The third-order valence-electron chi connectivity index (χ3n) is 7.76. The average molecular weight is 336 g/mol. The zero-order valence-electron chi connectivity index (χ0n) is 14.0. The quantitative estimate of drug-likeness (QED) is 0.683. The molecule has 1 aliphatic carbocycles. The molecule has 4 atom stereocenters. The van der Waals surface area contributed by atoms with Crippen LogP contribution in [0.25, 0.3) is 0 Å². The first-order valence-corrected chi connectivity index (χ1v) is 9.41. The maximum Gasteiger partial charge on any atom is 0.231 e. The van der Waals surface area contributed by atoms with Crippen LogP contribution in [0.2, 0.25) is 0 Å². The molecule has 3 fully saturated rings. The predicted octanol–water partition coefficient (Wildman–Crippen LogP) is 2.41. The van der Waals surface area contributed by atoms with E-state index in [0.717, 1.165) is 49.5 Å². The monoisotopic (exact) mass is 336 g/mol. The minimum Gasteiger partial charge on any atom is -0.454 e. The number of carbonyl (C=O) groups excluding carboxylic acids is 1. The molecule has 0 aromatic heterocycles. The molecule has 6 aliphatic rings. The summed E-state index contributed by atoms with van der Waals surface area (Å²) in [6.45, 7) is 2.44. The molecule has 7 rings (SSSR count). The fourth-order valence-electron chi connectivity index (χ4n) is 7.15. The van der Waals surface area contributed by atoms with Crippen LogP contribution in [-0.4, -0.2) is 42.3 Å². The minimum atomic E-state index is -0.0598. The molecule has 2 unspecified atom stereocenters. The topological polar surface area (TPSA) is 42.0 Å². The smallest absolute Gasteiger partial charge is 0.231 e. The zero-order valence-corrected chi connectivity index (χ0v) is 14.0. The molecule has 5 aliphatic heterocycles. The van der Waals surface area contributed by atoms with Crippen molar-refractivity contribution < 1.29 is 14.3 Å². The maximum atomic E-state index is 13.3. The second kappa shape index (κ2) is 3.88. The predicted molar refractivity (Wildman–Crippen MR) is 90.9 cm³/mol. The second-order valence-electron chi connectivity index (χ2n) is 8.54. The summed E-state index contributed by atoms with van der Waals surface area (Å²) in [6.07, 6.45) is 8.69. The Labute approximate surface area is 146 Å². The highest BCUT2D eigenvalue weighted by Gasteiger charge is 2.73. The molecule has 128 valence electrons. The van der Waals surface area contributed by atoms with Gasteiger partial charge in [-0.1, -0.05) is 12.2 Å². The van der Waals surface area contributed by atoms with Gasteiger partial charge in [-0.3, -0.25) is 9.69 Å². The number of fused-ring (bicyclic) bond motifs is 4. The Morgan fingerprint density at radius 3 is 2.96 bits per heavy atom. The molecule has 1 aromatic carbocycles. The Morgan fingerprint density at radius 2 is 2.04 bits per heavy atom. The summed E-state index contributed by atoms with van der Waals surface area (Å²) in [5.74, 6) is 2.36. The Balaban J connectivity index is 1.52. The lowest BCUT2D eigenvalue weighted by Crippen LogP contribution is -2.72. The van der Waals surface area contributed by atoms with E-state index in [9.17, 15) is 4.79 Å². The summed E-state index contributed by atoms with van der Waals surface area (Å²) in [6, 6.07) is 4.69. The number of ether oxygens (including phenoxy) is 2. The van der Waals surface area contributed by atoms with Gasteiger partial charge in [0.15, 0.2) is 11.5 Å². The molecule has 5 heterocycles. The normalized spacial score (nSPS) is 41.9. The van der Waals surface area contributed by atoms with Crippen LogP contribution in [0.5, 0.6) is 11.5 Å². The zero-order chi connectivity index (χ0) is 16.4. The van der Waals surface area contributed by atoms with E-state index in [1.54, 1.807) is 0 Å². The Morgan fingerprint density at radius 1 is 1.16 bits per heavy atom. The largest absolute Gasteiger partial charge is 0.454 e. The summed E-state index contributed by atoms with van der Waals surface area (Å²) < 4.78 is 11.3. The lowest BCUT2D eigenvalue weighted by Gasteiger charge is -2.59. The van der Waals surface area contributed by atoms with E-state index in [4.69, 9.17) is 9.47 Å². The van der Waals surface area contributed by atoms with E-state index in [-0.39, 0.29) is 17.7 Å². The number of amides is 1. The van der Waals surface area contributed by atoms with Crippen molar-refractivity contribution in [2.45, 2.75) is 43.2 Å².